The molecule has 3 N–H and O–H groups in total. The van der Waals surface area contributed by atoms with E-state index >= 15 is 0 Å². The summed E-state index contributed by atoms with van der Waals surface area (Å²) >= 11 is 0. The van der Waals surface area contributed by atoms with Crippen LogP contribution in [0.15, 0.2) is 53.8 Å². The second-order valence-electron chi connectivity index (χ2n) is 9.84. The topological polar surface area (TPSA) is 137 Å². The van der Waals surface area contributed by atoms with E-state index in [-0.39, 0.29) is 42.8 Å². The maximum atomic E-state index is 13.4. The molecule has 200 valence electrons. The molecule has 5 rings (SSSR count). The molecule has 0 radical (unpaired) electrons. The predicted octanol–water partition coefficient (Wildman–Crippen LogP) is 3.94. The molecule has 2 fully saturated rings. The number of aromatic nitrogens is 3. The lowest BCUT2D eigenvalue weighted by atomic mass is 9.93. The minimum absolute atomic E-state index is 0.0162. The van der Waals surface area contributed by atoms with Crippen molar-refractivity contribution in [3.05, 3.63) is 54.5 Å². The number of ether oxygens (including phenoxy) is 1. The van der Waals surface area contributed by atoms with Crippen LogP contribution < -0.4 is 10.5 Å². The molecule has 0 saturated heterocycles. The minimum Gasteiger partial charge on any atom is -0.452 e. The zero-order valence-electron chi connectivity index (χ0n) is 20.2. The monoisotopic (exact) mass is 547 g/mol. The number of anilines is 1. The fraction of sp³-hybridized carbons (Fsp3) is 0.360. The van der Waals surface area contributed by atoms with E-state index in [4.69, 9.17) is 10.5 Å². The van der Waals surface area contributed by atoms with E-state index in [2.05, 4.69) is 19.7 Å². The quantitative estimate of drug-likeness (QED) is 0.443. The number of alkyl halides is 3. The van der Waals surface area contributed by atoms with Gasteiger partial charge in [0, 0.05) is 35.5 Å². The molecular weight excluding hydrogens is 523 g/mol. The van der Waals surface area contributed by atoms with E-state index in [9.17, 15) is 26.4 Å². The van der Waals surface area contributed by atoms with E-state index in [0.29, 0.717) is 22.5 Å². The Balaban J connectivity index is 1.42. The SMILES string of the molecule is Cc1ccc(S(=O)(=O)NC23CCC(OC(=O)C(F)(F)F)(CC2)C3)cc1-c1cnc(N)c(-c2cccnc2)n1. The van der Waals surface area contributed by atoms with Crippen molar-refractivity contribution in [1.29, 1.82) is 0 Å². The van der Waals surface area contributed by atoms with Crippen molar-refractivity contribution in [3.63, 3.8) is 0 Å². The van der Waals surface area contributed by atoms with Crippen molar-refractivity contribution >= 4 is 21.8 Å². The summed E-state index contributed by atoms with van der Waals surface area (Å²) in [6.07, 6.45) is 0.347. The number of carbonyl (C=O) groups excluding carboxylic acids is 1. The van der Waals surface area contributed by atoms with Gasteiger partial charge in [-0.1, -0.05) is 6.07 Å². The fourth-order valence-corrected chi connectivity index (χ4v) is 6.80. The zero-order chi connectivity index (χ0) is 27.3. The van der Waals surface area contributed by atoms with Gasteiger partial charge in [0.15, 0.2) is 0 Å². The third kappa shape index (κ3) is 4.83. The highest BCUT2D eigenvalue weighted by molar-refractivity contribution is 7.89. The van der Waals surface area contributed by atoms with Crippen LogP contribution in [-0.2, 0) is 19.6 Å². The number of nitrogen functional groups attached to an aromatic ring is 1. The highest BCUT2D eigenvalue weighted by Crippen LogP contribution is 2.53. The summed E-state index contributed by atoms with van der Waals surface area (Å²) in [7, 11) is -4.08. The van der Waals surface area contributed by atoms with Gasteiger partial charge in [-0.25, -0.2) is 27.9 Å². The second kappa shape index (κ2) is 9.02. The van der Waals surface area contributed by atoms with Gasteiger partial charge in [0.2, 0.25) is 10.0 Å². The number of sulfonamides is 1. The number of aryl methyl sites for hydroxylation is 1. The van der Waals surface area contributed by atoms with Gasteiger partial charge in [-0.15, -0.1) is 0 Å². The number of pyridine rings is 1. The summed E-state index contributed by atoms with van der Waals surface area (Å²) < 4.78 is 72.7. The number of carbonyl (C=O) groups is 1. The van der Waals surface area contributed by atoms with E-state index < -0.39 is 33.3 Å². The van der Waals surface area contributed by atoms with Crippen molar-refractivity contribution in [3.8, 4) is 22.5 Å². The Kier molecular flexibility index (Phi) is 6.18. The number of nitrogens with two attached hydrogens (primary N) is 1. The molecule has 13 heteroatoms. The molecule has 0 atom stereocenters. The molecule has 2 bridgehead atoms. The van der Waals surface area contributed by atoms with Crippen molar-refractivity contribution in [2.24, 2.45) is 0 Å². The Labute approximate surface area is 216 Å². The lowest BCUT2D eigenvalue weighted by Gasteiger charge is -2.28. The minimum atomic E-state index is -5.11. The summed E-state index contributed by atoms with van der Waals surface area (Å²) in [6.45, 7) is 1.80. The molecular formula is C25H24F3N5O4S. The molecule has 9 nitrogen and oxygen atoms in total. The first-order chi connectivity index (χ1) is 17.8. The molecule has 0 spiro atoms. The van der Waals surface area contributed by atoms with Crippen LogP contribution in [0, 0.1) is 6.92 Å². The van der Waals surface area contributed by atoms with Crippen molar-refractivity contribution in [1.82, 2.24) is 19.7 Å². The van der Waals surface area contributed by atoms with Crippen molar-refractivity contribution in [2.45, 2.75) is 61.2 Å². The standard InChI is InChI=1S/C25H24F3N5O4S/c1-15-4-5-17(11-18(15)19-13-31-21(29)20(32-19)16-3-2-10-30-12-16)38(35,36)33-23-6-8-24(14-23,9-7-23)37-22(34)25(26,27)28/h2-5,10-13,33H,6-9,14H2,1H3,(H2,29,31). The van der Waals surface area contributed by atoms with Gasteiger partial charge in [0.25, 0.3) is 0 Å². The van der Waals surface area contributed by atoms with Crippen LogP contribution in [-0.4, -0.2) is 46.7 Å². The number of benzene rings is 1. The van der Waals surface area contributed by atoms with E-state index in [0.717, 1.165) is 5.56 Å². The second-order valence-corrected chi connectivity index (χ2v) is 11.5. The van der Waals surface area contributed by atoms with Crippen molar-refractivity contribution < 1.29 is 31.1 Å². The smallest absolute Gasteiger partial charge is 0.452 e. The lowest BCUT2D eigenvalue weighted by molar-refractivity contribution is -0.213. The van der Waals surface area contributed by atoms with Gasteiger partial charge in [-0.05, 0) is 62.4 Å². The lowest BCUT2D eigenvalue weighted by Crippen LogP contribution is -2.44. The molecule has 0 amide bonds. The summed E-state index contributed by atoms with van der Waals surface area (Å²) in [5.74, 6) is -2.06. The summed E-state index contributed by atoms with van der Waals surface area (Å²) in [5, 5.41) is 0. The summed E-state index contributed by atoms with van der Waals surface area (Å²) in [4.78, 5) is 24.3. The Bertz CT molecular complexity index is 1510. The number of hydrogen-bond acceptors (Lipinski definition) is 8. The summed E-state index contributed by atoms with van der Waals surface area (Å²) in [6, 6.07) is 8.08. The Morgan fingerprint density at radius 3 is 2.53 bits per heavy atom. The number of nitrogens with zero attached hydrogens (tertiary/aromatic N) is 3. The fourth-order valence-electron chi connectivity index (χ4n) is 5.32. The van der Waals surface area contributed by atoms with Crippen LogP contribution in [0.3, 0.4) is 0 Å². The highest BCUT2D eigenvalue weighted by atomic mass is 32.2. The Morgan fingerprint density at radius 1 is 1.13 bits per heavy atom. The largest absolute Gasteiger partial charge is 0.490 e. The molecule has 2 heterocycles. The zero-order valence-corrected chi connectivity index (χ0v) is 21.1. The van der Waals surface area contributed by atoms with Gasteiger partial charge in [0.05, 0.1) is 16.8 Å². The maximum Gasteiger partial charge on any atom is 0.490 e. The molecule has 0 aliphatic heterocycles. The van der Waals surface area contributed by atoms with Crippen LogP contribution in [0.1, 0.15) is 37.7 Å². The number of halogens is 3. The number of rotatable bonds is 6. The van der Waals surface area contributed by atoms with E-state index in [1.807, 2.05) is 0 Å². The Morgan fingerprint density at radius 2 is 1.87 bits per heavy atom. The molecule has 38 heavy (non-hydrogen) atoms. The van der Waals surface area contributed by atoms with Gasteiger partial charge < -0.3 is 10.5 Å². The van der Waals surface area contributed by atoms with Crippen molar-refractivity contribution in [2.75, 3.05) is 5.73 Å². The normalized spacial score (nSPS) is 22.9. The van der Waals surface area contributed by atoms with Gasteiger partial charge in [-0.2, -0.15) is 13.2 Å². The molecule has 3 aromatic rings. The van der Waals surface area contributed by atoms with Crippen LogP contribution >= 0.6 is 0 Å². The Hall–Kier alpha value is -3.58. The van der Waals surface area contributed by atoms with Gasteiger partial charge in [0.1, 0.15) is 17.1 Å². The van der Waals surface area contributed by atoms with Crippen LogP contribution in [0.2, 0.25) is 0 Å². The van der Waals surface area contributed by atoms with Crippen LogP contribution in [0.25, 0.3) is 22.5 Å². The number of hydrogen-bond donors (Lipinski definition) is 2. The van der Waals surface area contributed by atoms with Gasteiger partial charge >= 0.3 is 12.1 Å². The van der Waals surface area contributed by atoms with E-state index in [1.165, 1.54) is 18.3 Å². The number of esters is 1. The van der Waals surface area contributed by atoms with E-state index in [1.54, 1.807) is 37.5 Å². The third-order valence-corrected chi connectivity index (χ3v) is 8.78. The number of nitrogens with one attached hydrogen (secondary N) is 1. The predicted molar refractivity (Wildman–Crippen MR) is 131 cm³/mol. The van der Waals surface area contributed by atoms with Crippen LogP contribution in [0.5, 0.6) is 0 Å². The maximum absolute atomic E-state index is 13.4. The first-order valence-corrected chi connectivity index (χ1v) is 13.3. The number of fused-ring (bicyclic) bond motifs is 2. The average Bonchev–Trinajstić information content (AvgIpc) is 3.39. The molecule has 1 aromatic carbocycles. The first-order valence-electron chi connectivity index (χ1n) is 11.8. The molecule has 0 unspecified atom stereocenters. The average molecular weight is 548 g/mol. The molecule has 2 aliphatic rings. The van der Waals surface area contributed by atoms with Gasteiger partial charge in [-0.3, -0.25) is 4.98 Å². The molecule has 2 aliphatic carbocycles. The molecule has 2 aromatic heterocycles. The summed E-state index contributed by atoms with van der Waals surface area (Å²) in [5.41, 5.74) is 6.44. The van der Waals surface area contributed by atoms with Crippen LogP contribution in [0.4, 0.5) is 19.0 Å². The first kappa shape index (κ1) is 26.0. The molecule has 2 saturated carbocycles. The third-order valence-electron chi connectivity index (χ3n) is 7.20. The highest BCUT2D eigenvalue weighted by Gasteiger charge is 2.60.